The number of carbonyl (C=O) groups excluding carboxylic acids is 1. The molecule has 0 aliphatic heterocycles. The molecular weight excluding hydrogens is 513 g/mol. The van der Waals surface area contributed by atoms with Gasteiger partial charge in [0.15, 0.2) is 0 Å². The normalized spacial score (nSPS) is 23.5. The van der Waals surface area contributed by atoms with Gasteiger partial charge in [0.1, 0.15) is 17.3 Å². The lowest BCUT2D eigenvalue weighted by Crippen LogP contribution is -2.53. The van der Waals surface area contributed by atoms with Crippen LogP contribution in [0.2, 0.25) is 0 Å². The van der Waals surface area contributed by atoms with Crippen LogP contribution >= 0.6 is 0 Å². The molecule has 0 spiro atoms. The van der Waals surface area contributed by atoms with E-state index in [1.165, 1.54) is 35.2 Å². The van der Waals surface area contributed by atoms with Crippen LogP contribution in [0.25, 0.3) is 0 Å². The average Bonchev–Trinajstić information content (AvgIpc) is 2.96. The number of nitrogens with zero attached hydrogens (tertiary/aromatic N) is 1. The standard InChI is InChI=1S/C36H44FNO3/c1-24(2)26-10-14-32-27(18-26)11-15-33-35(3,16-7-17-36(32,33)4)23-38(22-25-8-12-29(37)13-9-25)34(39)28-19-30(40-5)21-31(20-28)41-6/h8-10,12-14,18-21,24,33H,7,11,15-17,22-23H2,1-6H3. The van der Waals surface area contributed by atoms with Crippen LogP contribution in [-0.2, 0) is 18.4 Å². The summed E-state index contributed by atoms with van der Waals surface area (Å²) in [7, 11) is 3.18. The Bertz CT molecular complexity index is 1380. The van der Waals surface area contributed by atoms with Gasteiger partial charge in [-0.1, -0.05) is 64.4 Å². The summed E-state index contributed by atoms with van der Waals surface area (Å²) in [4.78, 5) is 16.2. The minimum absolute atomic E-state index is 0.0693. The maximum absolute atomic E-state index is 14.2. The van der Waals surface area contributed by atoms with Crippen molar-refractivity contribution in [2.24, 2.45) is 11.3 Å². The van der Waals surface area contributed by atoms with Crippen molar-refractivity contribution in [2.75, 3.05) is 20.8 Å². The van der Waals surface area contributed by atoms with E-state index < -0.39 is 0 Å². The maximum atomic E-state index is 14.2. The van der Waals surface area contributed by atoms with Gasteiger partial charge in [0.25, 0.3) is 5.91 Å². The van der Waals surface area contributed by atoms with Crippen molar-refractivity contribution in [1.82, 2.24) is 4.90 Å². The lowest BCUT2D eigenvalue weighted by atomic mass is 9.49. The van der Waals surface area contributed by atoms with Gasteiger partial charge in [-0.3, -0.25) is 4.79 Å². The maximum Gasteiger partial charge on any atom is 0.254 e. The van der Waals surface area contributed by atoms with Crippen molar-refractivity contribution >= 4 is 5.91 Å². The topological polar surface area (TPSA) is 38.8 Å². The Morgan fingerprint density at radius 2 is 1.66 bits per heavy atom. The van der Waals surface area contributed by atoms with Gasteiger partial charge in [-0.15, -0.1) is 0 Å². The van der Waals surface area contributed by atoms with Crippen LogP contribution in [0.1, 0.15) is 91.9 Å². The number of ether oxygens (including phenoxy) is 2. The Morgan fingerprint density at radius 3 is 2.29 bits per heavy atom. The van der Waals surface area contributed by atoms with Crippen LogP contribution in [-0.4, -0.2) is 31.6 Å². The number of hydrogen-bond acceptors (Lipinski definition) is 3. The summed E-state index contributed by atoms with van der Waals surface area (Å²) in [6.45, 7) is 10.4. The van der Waals surface area contributed by atoms with Crippen molar-refractivity contribution in [3.8, 4) is 11.5 Å². The summed E-state index contributed by atoms with van der Waals surface area (Å²) in [5.74, 6) is 1.78. The summed E-state index contributed by atoms with van der Waals surface area (Å²) in [6.07, 6.45) is 5.56. The number of fused-ring (bicyclic) bond motifs is 3. The lowest BCUT2D eigenvalue weighted by molar-refractivity contribution is -0.00283. The number of halogens is 1. The molecule has 1 fully saturated rings. The third-order valence-corrected chi connectivity index (χ3v) is 9.89. The molecule has 5 heteroatoms. The zero-order chi connectivity index (χ0) is 29.4. The third-order valence-electron chi connectivity index (χ3n) is 9.89. The average molecular weight is 558 g/mol. The van der Waals surface area contributed by atoms with Crippen molar-refractivity contribution in [2.45, 2.75) is 77.7 Å². The van der Waals surface area contributed by atoms with Gasteiger partial charge in [0.2, 0.25) is 0 Å². The van der Waals surface area contributed by atoms with E-state index in [4.69, 9.17) is 9.47 Å². The summed E-state index contributed by atoms with van der Waals surface area (Å²) in [5.41, 5.74) is 5.85. The Kier molecular flexibility index (Phi) is 8.18. The van der Waals surface area contributed by atoms with Gasteiger partial charge in [-0.25, -0.2) is 4.39 Å². The molecule has 0 N–H and O–H groups in total. The van der Waals surface area contributed by atoms with Crippen LogP contribution in [0.15, 0.2) is 60.7 Å². The minimum Gasteiger partial charge on any atom is -0.497 e. The monoisotopic (exact) mass is 557 g/mol. The molecule has 0 saturated heterocycles. The molecule has 41 heavy (non-hydrogen) atoms. The largest absolute Gasteiger partial charge is 0.497 e. The molecule has 3 aromatic carbocycles. The van der Waals surface area contributed by atoms with Gasteiger partial charge in [0.05, 0.1) is 14.2 Å². The first kappa shape index (κ1) is 29.2. The van der Waals surface area contributed by atoms with E-state index in [9.17, 15) is 9.18 Å². The molecule has 3 unspecified atom stereocenters. The van der Waals surface area contributed by atoms with Crippen molar-refractivity contribution in [3.63, 3.8) is 0 Å². The van der Waals surface area contributed by atoms with E-state index in [1.807, 2.05) is 4.90 Å². The molecule has 218 valence electrons. The second-order valence-electron chi connectivity index (χ2n) is 13.0. The number of amides is 1. The molecule has 0 bridgehead atoms. The Labute approximate surface area is 244 Å². The van der Waals surface area contributed by atoms with Gasteiger partial charge in [-0.2, -0.15) is 0 Å². The Morgan fingerprint density at radius 1 is 0.976 bits per heavy atom. The molecule has 3 atom stereocenters. The Balaban J connectivity index is 1.51. The van der Waals surface area contributed by atoms with E-state index in [2.05, 4.69) is 45.9 Å². The molecule has 5 rings (SSSR count). The molecule has 1 amide bonds. The number of carbonyl (C=O) groups is 1. The van der Waals surface area contributed by atoms with Gasteiger partial charge in [-0.05, 0) is 94.9 Å². The fourth-order valence-corrected chi connectivity index (χ4v) is 7.75. The fourth-order valence-electron chi connectivity index (χ4n) is 7.75. The lowest BCUT2D eigenvalue weighted by Gasteiger charge is -2.56. The molecule has 0 aromatic heterocycles. The first-order valence-electron chi connectivity index (χ1n) is 15.0. The fraction of sp³-hybridized carbons (Fsp3) is 0.472. The highest BCUT2D eigenvalue weighted by Crippen LogP contribution is 2.57. The summed E-state index contributed by atoms with van der Waals surface area (Å²) in [6, 6.07) is 19.0. The molecular formula is C36H44FNO3. The zero-order valence-corrected chi connectivity index (χ0v) is 25.4. The summed E-state index contributed by atoms with van der Waals surface area (Å²) < 4.78 is 24.7. The third kappa shape index (κ3) is 5.73. The van der Waals surface area contributed by atoms with Gasteiger partial charge in [0, 0.05) is 24.7 Å². The molecule has 0 heterocycles. The zero-order valence-electron chi connectivity index (χ0n) is 25.4. The number of benzene rings is 3. The highest BCUT2D eigenvalue weighted by molar-refractivity contribution is 5.95. The minimum atomic E-state index is -0.277. The molecule has 0 radical (unpaired) electrons. The van der Waals surface area contributed by atoms with Crippen LogP contribution in [0.4, 0.5) is 4.39 Å². The molecule has 2 aliphatic rings. The highest BCUT2D eigenvalue weighted by Gasteiger charge is 2.52. The van der Waals surface area contributed by atoms with Crippen molar-refractivity contribution in [1.29, 1.82) is 0 Å². The van der Waals surface area contributed by atoms with Gasteiger partial charge >= 0.3 is 0 Å². The van der Waals surface area contributed by atoms with Crippen LogP contribution < -0.4 is 9.47 Å². The molecule has 2 aliphatic carbocycles. The van der Waals surface area contributed by atoms with E-state index in [0.29, 0.717) is 42.0 Å². The summed E-state index contributed by atoms with van der Waals surface area (Å²) in [5, 5.41) is 0. The van der Waals surface area contributed by atoms with E-state index in [0.717, 1.165) is 31.2 Å². The van der Waals surface area contributed by atoms with E-state index >= 15 is 0 Å². The first-order valence-corrected chi connectivity index (χ1v) is 15.0. The number of hydrogen-bond donors (Lipinski definition) is 0. The number of rotatable bonds is 8. The quantitative estimate of drug-likeness (QED) is 0.280. The van der Waals surface area contributed by atoms with Crippen LogP contribution in [0, 0.1) is 17.2 Å². The van der Waals surface area contributed by atoms with Crippen LogP contribution in [0.3, 0.4) is 0 Å². The van der Waals surface area contributed by atoms with Gasteiger partial charge < -0.3 is 14.4 Å². The first-order chi connectivity index (χ1) is 19.6. The second-order valence-corrected chi connectivity index (χ2v) is 13.0. The predicted octanol–water partition coefficient (Wildman–Crippen LogP) is 8.32. The molecule has 4 nitrogen and oxygen atoms in total. The van der Waals surface area contributed by atoms with E-state index in [1.54, 1.807) is 44.6 Å². The predicted molar refractivity (Wildman–Crippen MR) is 162 cm³/mol. The second kappa shape index (κ2) is 11.5. The number of aryl methyl sites for hydroxylation is 1. The Hall–Kier alpha value is -3.34. The van der Waals surface area contributed by atoms with E-state index in [-0.39, 0.29) is 22.6 Å². The number of methoxy groups -OCH3 is 2. The smallest absolute Gasteiger partial charge is 0.254 e. The van der Waals surface area contributed by atoms with Crippen molar-refractivity contribution in [3.05, 3.63) is 94.3 Å². The van der Waals surface area contributed by atoms with Crippen molar-refractivity contribution < 1.29 is 18.7 Å². The molecule has 1 saturated carbocycles. The SMILES string of the molecule is COc1cc(OC)cc(C(=O)N(Cc2ccc(F)cc2)CC2(C)CCCC3(C)c4ccc(C(C)C)cc4CCC23)c1. The van der Waals surface area contributed by atoms with Crippen LogP contribution in [0.5, 0.6) is 11.5 Å². The molecule has 3 aromatic rings. The summed E-state index contributed by atoms with van der Waals surface area (Å²) >= 11 is 0. The highest BCUT2D eigenvalue weighted by atomic mass is 19.1.